The predicted octanol–water partition coefficient (Wildman–Crippen LogP) is 0.384. The Bertz CT molecular complexity index is 232. The van der Waals surface area contributed by atoms with Gasteiger partial charge in [-0.15, -0.1) is 0 Å². The van der Waals surface area contributed by atoms with Crippen molar-refractivity contribution >= 4 is 13.8 Å². The molecule has 0 heterocycles. The topological polar surface area (TPSA) is 135 Å². The Morgan fingerprint density at radius 1 is 1.29 bits per heavy atom. The fraction of sp³-hybridized carbons (Fsp3) is 0.500. The van der Waals surface area contributed by atoms with Crippen molar-refractivity contribution < 1.29 is 34.3 Å². The second-order valence-corrected chi connectivity index (χ2v) is 3.22. The molecular weight excluding hydrogens is 215 g/mol. The molecule has 0 rings (SSSR count). The molecule has 0 atom stereocenters. The predicted molar refractivity (Wildman–Crippen MR) is 47.5 cm³/mol. The van der Waals surface area contributed by atoms with E-state index in [1.807, 2.05) is 6.92 Å². The normalized spacial score (nSPS) is 11.6. The molecular formula is C6H13O7P. The average molecular weight is 228 g/mol. The number of carboxylic acids is 1. The van der Waals surface area contributed by atoms with E-state index in [0.717, 1.165) is 6.42 Å². The molecule has 0 unspecified atom stereocenters. The van der Waals surface area contributed by atoms with E-state index in [9.17, 15) is 4.79 Å². The van der Waals surface area contributed by atoms with Gasteiger partial charge in [-0.05, 0) is 12.5 Å². The minimum atomic E-state index is -4.64. The van der Waals surface area contributed by atoms with Crippen LogP contribution in [0.4, 0.5) is 0 Å². The van der Waals surface area contributed by atoms with E-state index in [0.29, 0.717) is 6.42 Å². The van der Waals surface area contributed by atoms with Gasteiger partial charge in [0.05, 0.1) is 0 Å². The number of aliphatic carboxylic acids is 1. The van der Waals surface area contributed by atoms with Crippen LogP contribution in [0.2, 0.25) is 0 Å². The molecule has 14 heavy (non-hydrogen) atoms. The molecule has 0 aromatic rings. The molecule has 0 saturated heterocycles. The Hall–Kier alpha value is -0.880. The summed E-state index contributed by atoms with van der Waals surface area (Å²) in [4.78, 5) is 31.4. The number of unbranched alkanes of at least 4 members (excludes halogenated alkanes) is 1. The molecule has 5 N–H and O–H groups in total. The van der Waals surface area contributed by atoms with Gasteiger partial charge in [-0.2, -0.15) is 0 Å². The van der Waals surface area contributed by atoms with Gasteiger partial charge in [-0.25, -0.2) is 9.36 Å². The van der Waals surface area contributed by atoms with Crippen LogP contribution in [0.3, 0.4) is 0 Å². The summed E-state index contributed by atoms with van der Waals surface area (Å²) in [6.45, 7) is 1.91. The SMILES string of the molecule is CCC/C=C(\O)C(=O)O.O=P(O)(O)O. The Kier molecular flexibility index (Phi) is 8.37. The molecule has 0 aromatic carbocycles. The quantitative estimate of drug-likeness (QED) is 0.267. The van der Waals surface area contributed by atoms with Gasteiger partial charge in [0.1, 0.15) is 0 Å². The summed E-state index contributed by atoms with van der Waals surface area (Å²) in [7, 11) is -4.64. The number of aliphatic hydroxyl groups is 1. The van der Waals surface area contributed by atoms with Crippen molar-refractivity contribution in [2.24, 2.45) is 0 Å². The molecule has 7 nitrogen and oxygen atoms in total. The van der Waals surface area contributed by atoms with Crippen molar-refractivity contribution in [3.63, 3.8) is 0 Å². The number of rotatable bonds is 3. The zero-order valence-corrected chi connectivity index (χ0v) is 8.39. The second-order valence-electron chi connectivity index (χ2n) is 2.20. The van der Waals surface area contributed by atoms with Gasteiger partial charge >= 0.3 is 13.8 Å². The number of carboxylic acid groups (broad SMARTS) is 1. The van der Waals surface area contributed by atoms with Crippen molar-refractivity contribution in [2.45, 2.75) is 19.8 Å². The Morgan fingerprint density at radius 3 is 1.86 bits per heavy atom. The lowest BCUT2D eigenvalue weighted by molar-refractivity contribution is -0.135. The van der Waals surface area contributed by atoms with Crippen LogP contribution < -0.4 is 0 Å². The molecule has 84 valence electrons. The van der Waals surface area contributed by atoms with Gasteiger partial charge in [0.15, 0.2) is 5.76 Å². The zero-order chi connectivity index (χ0) is 11.8. The first-order chi connectivity index (χ1) is 6.18. The van der Waals surface area contributed by atoms with Crippen LogP contribution >= 0.6 is 7.82 Å². The van der Waals surface area contributed by atoms with Crippen LogP contribution in [0, 0.1) is 0 Å². The van der Waals surface area contributed by atoms with Crippen molar-refractivity contribution in [1.82, 2.24) is 0 Å². The van der Waals surface area contributed by atoms with E-state index < -0.39 is 19.6 Å². The molecule has 0 saturated carbocycles. The van der Waals surface area contributed by atoms with Gasteiger partial charge in [0.2, 0.25) is 0 Å². The van der Waals surface area contributed by atoms with E-state index in [1.165, 1.54) is 6.08 Å². The van der Waals surface area contributed by atoms with Crippen molar-refractivity contribution in [3.05, 3.63) is 11.8 Å². The highest BCUT2D eigenvalue weighted by atomic mass is 31.2. The lowest BCUT2D eigenvalue weighted by Crippen LogP contribution is -1.98. The number of hydrogen-bond donors (Lipinski definition) is 5. The van der Waals surface area contributed by atoms with Crippen molar-refractivity contribution in [3.8, 4) is 0 Å². The fourth-order valence-corrected chi connectivity index (χ4v) is 0.368. The van der Waals surface area contributed by atoms with E-state index >= 15 is 0 Å². The highest BCUT2D eigenvalue weighted by Crippen LogP contribution is 2.25. The molecule has 8 heteroatoms. The van der Waals surface area contributed by atoms with Crippen LogP contribution in [0.15, 0.2) is 11.8 Å². The molecule has 0 aliphatic carbocycles. The van der Waals surface area contributed by atoms with E-state index in [4.69, 9.17) is 29.5 Å². The summed E-state index contributed by atoms with van der Waals surface area (Å²) >= 11 is 0. The van der Waals surface area contributed by atoms with Crippen molar-refractivity contribution in [1.29, 1.82) is 0 Å². The Balaban J connectivity index is 0. The summed E-state index contributed by atoms with van der Waals surface area (Å²) in [5.41, 5.74) is 0. The molecule has 0 bridgehead atoms. The Labute approximate surface area is 80.6 Å². The van der Waals surface area contributed by atoms with Gasteiger partial charge in [-0.1, -0.05) is 13.3 Å². The molecule has 0 radical (unpaired) electrons. The summed E-state index contributed by atoms with van der Waals surface area (Å²) < 4.78 is 8.88. The van der Waals surface area contributed by atoms with E-state index in [1.54, 1.807) is 0 Å². The number of aliphatic hydroxyl groups excluding tert-OH is 1. The summed E-state index contributed by atoms with van der Waals surface area (Å²) in [6, 6.07) is 0. The first kappa shape index (κ1) is 15.6. The van der Waals surface area contributed by atoms with Crippen molar-refractivity contribution in [2.75, 3.05) is 0 Å². The Morgan fingerprint density at radius 2 is 1.64 bits per heavy atom. The third-order valence-electron chi connectivity index (χ3n) is 0.845. The number of phosphoric acid groups is 1. The first-order valence-corrected chi connectivity index (χ1v) is 5.15. The fourth-order valence-electron chi connectivity index (χ4n) is 0.368. The minimum Gasteiger partial charge on any atom is -0.502 e. The van der Waals surface area contributed by atoms with Gasteiger partial charge in [-0.3, -0.25) is 0 Å². The molecule has 0 aliphatic heterocycles. The molecule has 0 spiro atoms. The summed E-state index contributed by atoms with van der Waals surface area (Å²) in [5, 5.41) is 16.6. The maximum Gasteiger partial charge on any atom is 0.466 e. The van der Waals surface area contributed by atoms with Crippen LogP contribution in [0.1, 0.15) is 19.8 Å². The summed E-state index contributed by atoms with van der Waals surface area (Å²) in [5.74, 6) is -1.82. The molecule has 0 amide bonds. The maximum atomic E-state index is 9.89. The van der Waals surface area contributed by atoms with Gasteiger partial charge < -0.3 is 24.9 Å². The largest absolute Gasteiger partial charge is 0.502 e. The van der Waals surface area contributed by atoms with Crippen LogP contribution in [-0.4, -0.2) is 30.9 Å². The number of carbonyl (C=O) groups is 1. The summed E-state index contributed by atoms with van der Waals surface area (Å²) in [6.07, 6.45) is 2.75. The average Bonchev–Trinajstić information content (AvgIpc) is 1.96. The monoisotopic (exact) mass is 228 g/mol. The van der Waals surface area contributed by atoms with Crippen LogP contribution in [0.25, 0.3) is 0 Å². The standard InChI is InChI=1S/C6H10O3.H3O4P/c1-2-3-4-5(7)6(8)9;1-5(2,3)4/h4,7H,2-3H2,1H3,(H,8,9);(H3,1,2,3,4)/b5-4-;. The lowest BCUT2D eigenvalue weighted by Gasteiger charge is -1.88. The smallest absolute Gasteiger partial charge is 0.466 e. The first-order valence-electron chi connectivity index (χ1n) is 3.59. The van der Waals surface area contributed by atoms with E-state index in [2.05, 4.69) is 0 Å². The number of allylic oxidation sites excluding steroid dienone is 1. The third-order valence-corrected chi connectivity index (χ3v) is 0.845. The number of hydrogen-bond acceptors (Lipinski definition) is 3. The van der Waals surface area contributed by atoms with E-state index in [-0.39, 0.29) is 0 Å². The molecule has 0 aromatic heterocycles. The highest BCUT2D eigenvalue weighted by Gasteiger charge is 2.00. The maximum absolute atomic E-state index is 9.89. The highest BCUT2D eigenvalue weighted by molar-refractivity contribution is 7.45. The molecule has 0 aliphatic rings. The minimum absolute atomic E-state index is 0.558. The zero-order valence-electron chi connectivity index (χ0n) is 7.49. The van der Waals surface area contributed by atoms with Crippen LogP contribution in [-0.2, 0) is 9.36 Å². The van der Waals surface area contributed by atoms with Gasteiger partial charge in [0, 0.05) is 0 Å². The third kappa shape index (κ3) is 22.5. The van der Waals surface area contributed by atoms with Crippen LogP contribution in [0.5, 0.6) is 0 Å². The van der Waals surface area contributed by atoms with Gasteiger partial charge in [0.25, 0.3) is 0 Å². The molecule has 0 fully saturated rings. The lowest BCUT2D eigenvalue weighted by atomic mass is 10.3. The second kappa shape index (κ2) is 7.52.